The molecule has 0 radical (unpaired) electrons. The first-order valence-corrected chi connectivity index (χ1v) is 6.15. The van der Waals surface area contributed by atoms with Crippen LogP contribution < -0.4 is 5.73 Å². The topological polar surface area (TPSA) is 84.6 Å². The molecule has 90 valence electrons. The van der Waals surface area contributed by atoms with Gasteiger partial charge < -0.3 is 15.4 Å². The minimum Gasteiger partial charge on any atom is -0.437 e. The van der Waals surface area contributed by atoms with Crippen molar-refractivity contribution in [3.63, 3.8) is 0 Å². The summed E-state index contributed by atoms with van der Waals surface area (Å²) in [7, 11) is 0. The van der Waals surface area contributed by atoms with Crippen molar-refractivity contribution in [2.24, 2.45) is 10.9 Å². The number of aromatic nitrogens is 1. The Morgan fingerprint density at radius 1 is 1.50 bits per heavy atom. The number of oxime groups is 1. The van der Waals surface area contributed by atoms with Gasteiger partial charge in [0.05, 0.1) is 5.69 Å². The Hall–Kier alpha value is -1.17. The summed E-state index contributed by atoms with van der Waals surface area (Å²) in [5.74, 6) is 2.09. The molecule has 3 N–H and O–H groups in total. The summed E-state index contributed by atoms with van der Waals surface area (Å²) in [6, 6.07) is 0. The van der Waals surface area contributed by atoms with Gasteiger partial charge in [0.2, 0.25) is 0 Å². The second kappa shape index (κ2) is 6.42. The van der Waals surface area contributed by atoms with Crippen molar-refractivity contribution in [2.45, 2.75) is 38.3 Å². The summed E-state index contributed by atoms with van der Waals surface area (Å²) in [5.41, 5.74) is 6.30. The lowest BCUT2D eigenvalue weighted by molar-refractivity contribution is 0.316. The van der Waals surface area contributed by atoms with Crippen molar-refractivity contribution in [3.05, 3.63) is 11.5 Å². The van der Waals surface area contributed by atoms with Crippen molar-refractivity contribution in [1.82, 2.24) is 4.98 Å². The van der Waals surface area contributed by atoms with Crippen LogP contribution in [0.5, 0.6) is 0 Å². The van der Waals surface area contributed by atoms with Gasteiger partial charge in [-0.15, -0.1) is 0 Å². The Bertz CT molecular complexity index is 343. The number of nitrogens with zero attached hydrogens (tertiary/aromatic N) is 2. The average Bonchev–Trinajstić information content (AvgIpc) is 2.57. The molecule has 0 bridgehead atoms. The first-order chi connectivity index (χ1) is 7.63. The first-order valence-electron chi connectivity index (χ1n) is 5.16. The fourth-order valence-electron chi connectivity index (χ4n) is 1.12. The van der Waals surface area contributed by atoms with Gasteiger partial charge in [-0.05, 0) is 26.7 Å². The highest BCUT2D eigenvalue weighted by atomic mass is 32.2. The molecule has 0 saturated carbocycles. The molecule has 0 aromatic carbocycles. The molecule has 0 aliphatic rings. The third kappa shape index (κ3) is 4.14. The van der Waals surface area contributed by atoms with Gasteiger partial charge in [0, 0.05) is 12.2 Å². The van der Waals surface area contributed by atoms with Crippen molar-refractivity contribution in [3.8, 4) is 0 Å². The van der Waals surface area contributed by atoms with Gasteiger partial charge in [-0.1, -0.05) is 16.9 Å². The Labute approximate surface area is 99.1 Å². The number of aryl methyl sites for hydroxylation is 2. The molecule has 0 spiro atoms. The summed E-state index contributed by atoms with van der Waals surface area (Å²) in [4.78, 5) is 4.27. The number of amidine groups is 1. The van der Waals surface area contributed by atoms with Crippen LogP contribution in [0.2, 0.25) is 0 Å². The van der Waals surface area contributed by atoms with E-state index in [-0.39, 0.29) is 5.84 Å². The lowest BCUT2D eigenvalue weighted by atomic mass is 10.2. The Balaban J connectivity index is 2.16. The average molecular weight is 243 g/mol. The number of rotatable bonds is 6. The second-order valence-corrected chi connectivity index (χ2v) is 4.56. The van der Waals surface area contributed by atoms with Gasteiger partial charge in [0.15, 0.2) is 0 Å². The normalized spacial score (nSPS) is 12.0. The molecule has 1 aromatic heterocycles. The van der Waals surface area contributed by atoms with Crippen LogP contribution >= 0.6 is 11.8 Å². The maximum Gasteiger partial charge on any atom is 0.256 e. The SMILES string of the molecule is Cc1nc(SCCCCC(N)=NO)oc1C. The van der Waals surface area contributed by atoms with Crippen molar-refractivity contribution >= 4 is 17.6 Å². The lowest BCUT2D eigenvalue weighted by Crippen LogP contribution is -2.10. The molecule has 16 heavy (non-hydrogen) atoms. The van der Waals surface area contributed by atoms with Gasteiger partial charge >= 0.3 is 0 Å². The Morgan fingerprint density at radius 2 is 2.25 bits per heavy atom. The van der Waals surface area contributed by atoms with Gasteiger partial charge in [-0.25, -0.2) is 4.98 Å². The van der Waals surface area contributed by atoms with Gasteiger partial charge in [0.25, 0.3) is 5.22 Å². The number of unbranched alkanes of at least 4 members (excludes halogenated alkanes) is 1. The van der Waals surface area contributed by atoms with Crippen LogP contribution in [0.15, 0.2) is 14.8 Å². The maximum atomic E-state index is 8.34. The van der Waals surface area contributed by atoms with E-state index in [4.69, 9.17) is 15.4 Å². The van der Waals surface area contributed by atoms with Gasteiger partial charge in [-0.2, -0.15) is 0 Å². The van der Waals surface area contributed by atoms with Crippen LogP contribution in [-0.4, -0.2) is 21.8 Å². The standard InChI is InChI=1S/C10H17N3O2S/c1-7-8(2)15-10(12-7)16-6-4-3-5-9(11)13-14/h14H,3-6H2,1-2H3,(H2,11,13). The number of thioether (sulfide) groups is 1. The zero-order valence-corrected chi connectivity index (χ0v) is 10.4. The van der Waals surface area contributed by atoms with Crippen molar-refractivity contribution < 1.29 is 9.62 Å². The fraction of sp³-hybridized carbons (Fsp3) is 0.600. The predicted octanol–water partition coefficient (Wildman–Crippen LogP) is 2.30. The molecule has 0 amide bonds. The van der Waals surface area contributed by atoms with E-state index >= 15 is 0 Å². The van der Waals surface area contributed by atoms with Crippen LogP contribution in [0.3, 0.4) is 0 Å². The highest BCUT2D eigenvalue weighted by Crippen LogP contribution is 2.21. The molecule has 1 heterocycles. The van der Waals surface area contributed by atoms with E-state index in [9.17, 15) is 0 Å². The molecular weight excluding hydrogens is 226 g/mol. The Kier molecular flexibility index (Phi) is 5.18. The third-order valence-electron chi connectivity index (χ3n) is 2.19. The zero-order chi connectivity index (χ0) is 12.0. The molecule has 0 atom stereocenters. The van der Waals surface area contributed by atoms with Crippen LogP contribution in [0.25, 0.3) is 0 Å². The molecule has 0 saturated heterocycles. The van der Waals surface area contributed by atoms with Crippen LogP contribution in [0.4, 0.5) is 0 Å². The van der Waals surface area contributed by atoms with E-state index in [1.54, 1.807) is 11.8 Å². The summed E-state index contributed by atoms with van der Waals surface area (Å²) in [5, 5.41) is 12.0. The van der Waals surface area contributed by atoms with E-state index < -0.39 is 0 Å². The van der Waals surface area contributed by atoms with Crippen LogP contribution in [0.1, 0.15) is 30.7 Å². The van der Waals surface area contributed by atoms with Gasteiger partial charge in [-0.3, -0.25) is 0 Å². The highest BCUT2D eigenvalue weighted by molar-refractivity contribution is 7.99. The molecule has 6 heteroatoms. The number of hydrogen-bond acceptors (Lipinski definition) is 5. The lowest BCUT2D eigenvalue weighted by Gasteiger charge is -1.98. The maximum absolute atomic E-state index is 8.34. The molecule has 0 unspecified atom stereocenters. The van der Waals surface area contributed by atoms with Crippen molar-refractivity contribution in [1.29, 1.82) is 0 Å². The minimum absolute atomic E-state index is 0.285. The predicted molar refractivity (Wildman–Crippen MR) is 64.0 cm³/mol. The zero-order valence-electron chi connectivity index (χ0n) is 9.56. The van der Waals surface area contributed by atoms with E-state index in [1.165, 1.54) is 0 Å². The summed E-state index contributed by atoms with van der Waals surface area (Å²) in [6.45, 7) is 3.84. The quantitative estimate of drug-likeness (QED) is 0.200. The Morgan fingerprint density at radius 3 is 2.81 bits per heavy atom. The molecule has 1 aromatic rings. The smallest absolute Gasteiger partial charge is 0.256 e. The fourth-order valence-corrected chi connectivity index (χ4v) is 2.03. The number of hydrogen-bond donors (Lipinski definition) is 2. The van der Waals surface area contributed by atoms with Crippen molar-refractivity contribution in [2.75, 3.05) is 5.75 Å². The summed E-state index contributed by atoms with van der Waals surface area (Å²) >= 11 is 1.59. The molecule has 0 fully saturated rings. The van der Waals surface area contributed by atoms with Gasteiger partial charge in [0.1, 0.15) is 11.6 Å². The highest BCUT2D eigenvalue weighted by Gasteiger charge is 2.05. The number of nitrogens with two attached hydrogens (primary N) is 1. The second-order valence-electron chi connectivity index (χ2n) is 3.52. The molecule has 5 nitrogen and oxygen atoms in total. The molecule has 0 aliphatic carbocycles. The van der Waals surface area contributed by atoms with E-state index in [1.807, 2.05) is 13.8 Å². The third-order valence-corrected chi connectivity index (χ3v) is 3.10. The monoisotopic (exact) mass is 243 g/mol. The van der Waals surface area contributed by atoms with E-state index in [0.29, 0.717) is 6.42 Å². The minimum atomic E-state index is 0.285. The first kappa shape index (κ1) is 12.9. The molecule has 0 aliphatic heterocycles. The molecule has 1 rings (SSSR count). The van der Waals surface area contributed by atoms with E-state index in [2.05, 4.69) is 10.1 Å². The van der Waals surface area contributed by atoms with Crippen LogP contribution in [0, 0.1) is 13.8 Å². The molecular formula is C10H17N3O2S. The summed E-state index contributed by atoms with van der Waals surface area (Å²) < 4.78 is 5.43. The summed E-state index contributed by atoms with van der Waals surface area (Å²) in [6.07, 6.45) is 2.52. The number of oxazole rings is 1. The van der Waals surface area contributed by atoms with Crippen LogP contribution in [-0.2, 0) is 0 Å². The largest absolute Gasteiger partial charge is 0.437 e. The van der Waals surface area contributed by atoms with E-state index in [0.717, 1.165) is 35.3 Å².